The molecule has 0 saturated carbocycles. The van der Waals surface area contributed by atoms with Crippen molar-refractivity contribution in [1.82, 2.24) is 9.97 Å². The van der Waals surface area contributed by atoms with Gasteiger partial charge in [-0.1, -0.05) is 19.1 Å². The van der Waals surface area contributed by atoms with Crippen LogP contribution in [-0.2, 0) is 13.0 Å². The number of thiocarbonyl (C=S) groups is 1. The number of aryl methyl sites for hydroxylation is 2. The molecular weight excluding hydrogens is 276 g/mol. The highest BCUT2D eigenvalue weighted by Gasteiger charge is 2.08. The summed E-state index contributed by atoms with van der Waals surface area (Å²) in [4.78, 5) is 10.4. The molecule has 0 atom stereocenters. The number of thiazole rings is 1. The first kappa shape index (κ1) is 13.9. The molecule has 100 valence electrons. The largest absolute Gasteiger partial charge is 0.389 e. The van der Waals surface area contributed by atoms with Crippen LogP contribution < -0.4 is 11.1 Å². The smallest absolute Gasteiger partial charge is 0.136 e. The number of pyridine rings is 1. The van der Waals surface area contributed by atoms with E-state index < -0.39 is 0 Å². The Morgan fingerprint density at radius 3 is 2.89 bits per heavy atom. The molecule has 6 heteroatoms. The number of nitrogens with zero attached hydrogens (tertiary/aromatic N) is 2. The second kappa shape index (κ2) is 6.08. The minimum Gasteiger partial charge on any atom is -0.389 e. The van der Waals surface area contributed by atoms with Gasteiger partial charge in [0.1, 0.15) is 15.8 Å². The van der Waals surface area contributed by atoms with Crippen LogP contribution >= 0.6 is 23.6 Å². The van der Waals surface area contributed by atoms with Crippen molar-refractivity contribution >= 4 is 34.4 Å². The number of anilines is 1. The number of nitrogens with one attached hydrogen (secondary N) is 1. The molecule has 2 aromatic rings. The number of hydrogen-bond acceptors (Lipinski definition) is 5. The van der Waals surface area contributed by atoms with Gasteiger partial charge >= 0.3 is 0 Å². The van der Waals surface area contributed by atoms with Gasteiger partial charge in [-0.05, 0) is 25.5 Å². The van der Waals surface area contributed by atoms with Gasteiger partial charge in [-0.3, -0.25) is 0 Å². The van der Waals surface area contributed by atoms with Crippen molar-refractivity contribution in [3.8, 4) is 0 Å². The van der Waals surface area contributed by atoms with Gasteiger partial charge in [-0.25, -0.2) is 9.97 Å². The average Bonchev–Trinajstić information content (AvgIpc) is 2.84. The lowest BCUT2D eigenvalue weighted by Crippen LogP contribution is -2.14. The van der Waals surface area contributed by atoms with Crippen molar-refractivity contribution in [2.24, 2.45) is 5.73 Å². The van der Waals surface area contributed by atoms with E-state index >= 15 is 0 Å². The van der Waals surface area contributed by atoms with Crippen LogP contribution in [0.15, 0.2) is 18.3 Å². The van der Waals surface area contributed by atoms with Crippen LogP contribution in [0.3, 0.4) is 0 Å². The van der Waals surface area contributed by atoms with Crippen molar-refractivity contribution < 1.29 is 0 Å². The minimum atomic E-state index is 0.350. The van der Waals surface area contributed by atoms with Crippen molar-refractivity contribution in [3.63, 3.8) is 0 Å². The molecule has 2 rings (SSSR count). The van der Waals surface area contributed by atoms with Gasteiger partial charge in [0.05, 0.1) is 12.1 Å². The maximum atomic E-state index is 5.70. The molecule has 0 unspecified atom stereocenters. The van der Waals surface area contributed by atoms with Gasteiger partial charge in [-0.2, -0.15) is 0 Å². The minimum absolute atomic E-state index is 0.350. The Kier molecular flexibility index (Phi) is 4.44. The van der Waals surface area contributed by atoms with E-state index in [-0.39, 0.29) is 0 Å². The van der Waals surface area contributed by atoms with Crippen LogP contribution in [0.25, 0.3) is 0 Å². The van der Waals surface area contributed by atoms with E-state index in [0.29, 0.717) is 11.5 Å². The second-order valence-electron chi connectivity index (χ2n) is 4.14. The van der Waals surface area contributed by atoms with Gasteiger partial charge in [0.15, 0.2) is 0 Å². The Balaban J connectivity index is 2.14. The third-order valence-corrected chi connectivity index (χ3v) is 4.02. The van der Waals surface area contributed by atoms with Crippen LogP contribution in [0.5, 0.6) is 0 Å². The monoisotopic (exact) mass is 292 g/mol. The molecule has 4 nitrogen and oxygen atoms in total. The van der Waals surface area contributed by atoms with E-state index in [1.807, 2.05) is 25.3 Å². The van der Waals surface area contributed by atoms with Gasteiger partial charge in [0.25, 0.3) is 0 Å². The van der Waals surface area contributed by atoms with Crippen molar-refractivity contribution in [3.05, 3.63) is 39.5 Å². The third-order valence-electron chi connectivity index (χ3n) is 2.66. The van der Waals surface area contributed by atoms with Gasteiger partial charge in [0, 0.05) is 16.8 Å². The first-order chi connectivity index (χ1) is 9.10. The SMILES string of the molecule is CCc1cnc(CNc2nc(C)ccc2C(N)=S)s1. The Morgan fingerprint density at radius 2 is 2.26 bits per heavy atom. The zero-order valence-electron chi connectivity index (χ0n) is 10.9. The van der Waals surface area contributed by atoms with Gasteiger partial charge in [-0.15, -0.1) is 11.3 Å². The Bertz CT molecular complexity index is 592. The Morgan fingerprint density at radius 1 is 1.47 bits per heavy atom. The fourth-order valence-corrected chi connectivity index (χ4v) is 2.61. The van der Waals surface area contributed by atoms with E-state index in [2.05, 4.69) is 22.2 Å². The Labute approximate surface area is 122 Å². The molecule has 2 aromatic heterocycles. The first-order valence-electron chi connectivity index (χ1n) is 6.05. The molecular formula is C13H16N4S2. The van der Waals surface area contributed by atoms with Gasteiger partial charge < -0.3 is 11.1 Å². The van der Waals surface area contributed by atoms with Gasteiger partial charge in [0.2, 0.25) is 0 Å². The predicted molar refractivity (Wildman–Crippen MR) is 83.7 cm³/mol. The topological polar surface area (TPSA) is 63.8 Å². The normalized spacial score (nSPS) is 10.4. The summed E-state index contributed by atoms with van der Waals surface area (Å²) in [6.45, 7) is 4.70. The summed E-state index contributed by atoms with van der Waals surface area (Å²) >= 11 is 6.74. The zero-order chi connectivity index (χ0) is 13.8. The van der Waals surface area contributed by atoms with Crippen LogP contribution in [-0.4, -0.2) is 15.0 Å². The molecule has 0 radical (unpaired) electrons. The first-order valence-corrected chi connectivity index (χ1v) is 7.27. The van der Waals surface area contributed by atoms with Crippen molar-refractivity contribution in [2.75, 3.05) is 5.32 Å². The third kappa shape index (κ3) is 3.48. The highest BCUT2D eigenvalue weighted by molar-refractivity contribution is 7.80. The summed E-state index contributed by atoms with van der Waals surface area (Å²) < 4.78 is 0. The molecule has 0 fully saturated rings. The van der Waals surface area contributed by atoms with Crippen LogP contribution in [0.4, 0.5) is 5.82 Å². The maximum Gasteiger partial charge on any atom is 0.136 e. The molecule has 0 aliphatic heterocycles. The summed E-state index contributed by atoms with van der Waals surface area (Å²) in [5.74, 6) is 0.723. The Hall–Kier alpha value is -1.53. The number of rotatable bonds is 5. The second-order valence-corrected chi connectivity index (χ2v) is 5.78. The summed E-state index contributed by atoms with van der Waals surface area (Å²) in [5, 5.41) is 4.29. The lowest BCUT2D eigenvalue weighted by Gasteiger charge is -2.09. The van der Waals surface area contributed by atoms with Crippen LogP contribution in [0, 0.1) is 6.92 Å². The standard InChI is InChI=1S/C13H16N4S2/c1-3-9-6-15-11(19-9)7-16-13-10(12(14)18)5-4-8(2)17-13/h4-6H,3,7H2,1-2H3,(H2,14,18)(H,16,17). The van der Waals surface area contributed by atoms with E-state index in [4.69, 9.17) is 18.0 Å². The average molecular weight is 292 g/mol. The summed E-state index contributed by atoms with van der Waals surface area (Å²) in [5.41, 5.74) is 7.40. The molecule has 0 amide bonds. The fourth-order valence-electron chi connectivity index (χ4n) is 1.64. The van der Waals surface area contributed by atoms with Crippen LogP contribution in [0.2, 0.25) is 0 Å². The fraction of sp³-hybridized carbons (Fsp3) is 0.308. The molecule has 0 bridgehead atoms. The lowest BCUT2D eigenvalue weighted by atomic mass is 10.2. The quantitative estimate of drug-likeness (QED) is 0.830. The highest BCUT2D eigenvalue weighted by Crippen LogP contribution is 2.17. The van der Waals surface area contributed by atoms with E-state index in [1.54, 1.807) is 11.3 Å². The summed E-state index contributed by atoms with van der Waals surface area (Å²) in [7, 11) is 0. The zero-order valence-corrected chi connectivity index (χ0v) is 12.6. The van der Waals surface area contributed by atoms with E-state index in [1.165, 1.54) is 4.88 Å². The number of nitrogens with two attached hydrogens (primary N) is 1. The summed E-state index contributed by atoms with van der Waals surface area (Å²) in [6.07, 6.45) is 2.93. The highest BCUT2D eigenvalue weighted by atomic mass is 32.1. The predicted octanol–water partition coefficient (Wildman–Crippen LogP) is 2.66. The molecule has 0 aliphatic carbocycles. The van der Waals surface area contributed by atoms with Crippen LogP contribution in [0.1, 0.15) is 28.1 Å². The molecule has 19 heavy (non-hydrogen) atoms. The van der Waals surface area contributed by atoms with Crippen molar-refractivity contribution in [1.29, 1.82) is 0 Å². The molecule has 0 aliphatic rings. The number of hydrogen-bond donors (Lipinski definition) is 2. The van der Waals surface area contributed by atoms with E-state index in [0.717, 1.165) is 28.5 Å². The number of aromatic nitrogens is 2. The molecule has 0 spiro atoms. The molecule has 2 heterocycles. The molecule has 0 aromatic carbocycles. The lowest BCUT2D eigenvalue weighted by molar-refractivity contribution is 1.06. The van der Waals surface area contributed by atoms with E-state index in [9.17, 15) is 0 Å². The molecule has 3 N–H and O–H groups in total. The molecule has 0 saturated heterocycles. The maximum absolute atomic E-state index is 5.70. The summed E-state index contributed by atoms with van der Waals surface area (Å²) in [6, 6.07) is 3.80. The van der Waals surface area contributed by atoms with Crippen molar-refractivity contribution in [2.45, 2.75) is 26.8 Å².